The molecule has 1 unspecified atom stereocenters. The summed E-state index contributed by atoms with van der Waals surface area (Å²) in [4.78, 5) is 11.2. The van der Waals surface area contributed by atoms with Gasteiger partial charge in [0.25, 0.3) is 5.91 Å². The number of nitrogens with one attached hydrogen (secondary N) is 2. The summed E-state index contributed by atoms with van der Waals surface area (Å²) in [6.45, 7) is 4.21. The highest BCUT2D eigenvalue weighted by Crippen LogP contribution is 2.30. The third-order valence-corrected chi connectivity index (χ3v) is 2.97. The largest absolute Gasteiger partial charge is 0.482 e. The number of benzene rings is 1. The maximum Gasteiger partial charge on any atom is 0.262 e. The van der Waals surface area contributed by atoms with E-state index >= 15 is 0 Å². The summed E-state index contributed by atoms with van der Waals surface area (Å²) < 4.78 is 5.28. The van der Waals surface area contributed by atoms with Gasteiger partial charge in [0.05, 0.1) is 18.3 Å². The Morgan fingerprint density at radius 2 is 2.28 bits per heavy atom. The van der Waals surface area contributed by atoms with Crippen LogP contribution in [0.1, 0.15) is 13.8 Å². The molecule has 1 heterocycles. The van der Waals surface area contributed by atoms with Crippen LogP contribution in [-0.2, 0) is 4.79 Å². The molecule has 5 heteroatoms. The molecular formula is C13H18N2O3. The molecule has 1 aromatic carbocycles. The van der Waals surface area contributed by atoms with E-state index in [2.05, 4.69) is 10.6 Å². The normalized spacial score (nSPS) is 15.7. The summed E-state index contributed by atoms with van der Waals surface area (Å²) in [5.41, 5.74) is 1.52. The van der Waals surface area contributed by atoms with Crippen LogP contribution >= 0.6 is 0 Å². The van der Waals surface area contributed by atoms with E-state index in [0.717, 1.165) is 5.69 Å². The lowest BCUT2D eigenvalue weighted by molar-refractivity contribution is -0.118. The quantitative estimate of drug-likeness (QED) is 0.756. The highest BCUT2D eigenvalue weighted by atomic mass is 16.5. The highest BCUT2D eigenvalue weighted by Gasteiger charge is 2.17. The summed E-state index contributed by atoms with van der Waals surface area (Å²) in [6.07, 6.45) is 0. The Morgan fingerprint density at radius 3 is 2.94 bits per heavy atom. The predicted octanol–water partition coefficient (Wildman–Crippen LogP) is 1.45. The minimum atomic E-state index is -0.151. The molecule has 0 spiro atoms. The first-order valence-electron chi connectivity index (χ1n) is 6.04. The van der Waals surface area contributed by atoms with Gasteiger partial charge in [0.15, 0.2) is 6.61 Å². The van der Waals surface area contributed by atoms with Gasteiger partial charge in [0.2, 0.25) is 0 Å². The molecule has 2 rings (SSSR count). The number of fused-ring (bicyclic) bond motifs is 1. The van der Waals surface area contributed by atoms with Gasteiger partial charge in [-0.15, -0.1) is 0 Å². The standard InChI is InChI=1S/C13H18N2O3/c1-8(2)11(6-16)14-9-3-4-12-10(5-9)15-13(17)7-18-12/h3-5,8,11,14,16H,6-7H2,1-2H3,(H,15,17). The van der Waals surface area contributed by atoms with Gasteiger partial charge in [-0.05, 0) is 24.1 Å². The Balaban J connectivity index is 2.15. The molecule has 1 aliphatic heterocycles. The Labute approximate surface area is 106 Å². The molecule has 0 fully saturated rings. The monoisotopic (exact) mass is 250 g/mol. The molecule has 18 heavy (non-hydrogen) atoms. The fourth-order valence-corrected chi connectivity index (χ4v) is 1.81. The van der Waals surface area contributed by atoms with E-state index in [1.54, 1.807) is 0 Å². The second-order valence-electron chi connectivity index (χ2n) is 4.73. The van der Waals surface area contributed by atoms with Gasteiger partial charge in [-0.3, -0.25) is 4.79 Å². The van der Waals surface area contributed by atoms with Crippen molar-refractivity contribution in [2.24, 2.45) is 5.92 Å². The Hall–Kier alpha value is -1.75. The average Bonchev–Trinajstić information content (AvgIpc) is 2.35. The topological polar surface area (TPSA) is 70.6 Å². The van der Waals surface area contributed by atoms with Gasteiger partial charge >= 0.3 is 0 Å². The van der Waals surface area contributed by atoms with E-state index in [1.165, 1.54) is 0 Å². The van der Waals surface area contributed by atoms with E-state index in [4.69, 9.17) is 4.74 Å². The molecular weight excluding hydrogens is 232 g/mol. The Bertz CT molecular complexity index is 446. The van der Waals surface area contributed by atoms with Crippen LogP contribution in [0.25, 0.3) is 0 Å². The number of hydrogen-bond acceptors (Lipinski definition) is 4. The SMILES string of the molecule is CC(C)C(CO)Nc1ccc2c(c1)NC(=O)CO2. The fourth-order valence-electron chi connectivity index (χ4n) is 1.81. The summed E-state index contributed by atoms with van der Waals surface area (Å²) in [6, 6.07) is 5.49. The van der Waals surface area contributed by atoms with Crippen LogP contribution in [0, 0.1) is 5.92 Å². The highest BCUT2D eigenvalue weighted by molar-refractivity contribution is 5.96. The van der Waals surface area contributed by atoms with Crippen molar-refractivity contribution in [3.63, 3.8) is 0 Å². The third-order valence-electron chi connectivity index (χ3n) is 2.97. The zero-order valence-electron chi connectivity index (χ0n) is 10.6. The molecule has 1 atom stereocenters. The van der Waals surface area contributed by atoms with Crippen molar-refractivity contribution in [3.05, 3.63) is 18.2 Å². The lowest BCUT2D eigenvalue weighted by Gasteiger charge is -2.23. The second kappa shape index (κ2) is 5.27. The van der Waals surface area contributed by atoms with Crippen molar-refractivity contribution < 1.29 is 14.6 Å². The number of carbonyl (C=O) groups excluding carboxylic acids is 1. The maximum atomic E-state index is 11.2. The van der Waals surface area contributed by atoms with Gasteiger partial charge in [-0.2, -0.15) is 0 Å². The van der Waals surface area contributed by atoms with Crippen LogP contribution in [0.15, 0.2) is 18.2 Å². The average molecular weight is 250 g/mol. The summed E-state index contributed by atoms with van der Waals surface area (Å²) in [7, 11) is 0. The molecule has 1 amide bonds. The van der Waals surface area contributed by atoms with E-state index in [9.17, 15) is 9.90 Å². The molecule has 0 radical (unpaired) electrons. The first-order chi connectivity index (χ1) is 8.60. The molecule has 3 N–H and O–H groups in total. The van der Waals surface area contributed by atoms with Crippen LogP contribution in [0.4, 0.5) is 11.4 Å². The van der Waals surface area contributed by atoms with Crippen LogP contribution in [0.3, 0.4) is 0 Å². The fraction of sp³-hybridized carbons (Fsp3) is 0.462. The van der Waals surface area contributed by atoms with E-state index in [1.807, 2.05) is 32.0 Å². The van der Waals surface area contributed by atoms with Crippen LogP contribution in [-0.4, -0.2) is 30.3 Å². The van der Waals surface area contributed by atoms with Crippen LogP contribution in [0.5, 0.6) is 5.75 Å². The first kappa shape index (κ1) is 12.7. The number of aliphatic hydroxyl groups is 1. The zero-order chi connectivity index (χ0) is 13.1. The number of hydrogen-bond donors (Lipinski definition) is 3. The minimum Gasteiger partial charge on any atom is -0.482 e. The molecule has 5 nitrogen and oxygen atoms in total. The number of ether oxygens (including phenoxy) is 1. The Morgan fingerprint density at radius 1 is 1.50 bits per heavy atom. The number of anilines is 2. The van der Waals surface area contributed by atoms with Crippen molar-refractivity contribution in [2.75, 3.05) is 23.8 Å². The predicted molar refractivity (Wildman–Crippen MR) is 69.9 cm³/mol. The van der Waals surface area contributed by atoms with Crippen molar-refractivity contribution in [2.45, 2.75) is 19.9 Å². The van der Waals surface area contributed by atoms with Crippen molar-refractivity contribution in [1.29, 1.82) is 0 Å². The molecule has 0 saturated heterocycles. The van der Waals surface area contributed by atoms with Crippen molar-refractivity contribution in [3.8, 4) is 5.75 Å². The summed E-state index contributed by atoms with van der Waals surface area (Å²) >= 11 is 0. The third kappa shape index (κ3) is 2.73. The van der Waals surface area contributed by atoms with Gasteiger partial charge < -0.3 is 20.5 Å². The van der Waals surface area contributed by atoms with Crippen molar-refractivity contribution >= 4 is 17.3 Å². The number of carbonyl (C=O) groups is 1. The van der Waals surface area contributed by atoms with E-state index in [-0.39, 0.29) is 25.2 Å². The smallest absolute Gasteiger partial charge is 0.262 e. The molecule has 0 aromatic heterocycles. The maximum absolute atomic E-state index is 11.2. The minimum absolute atomic E-state index is 0.0109. The van der Waals surface area contributed by atoms with Gasteiger partial charge in [-0.1, -0.05) is 13.8 Å². The van der Waals surface area contributed by atoms with Crippen LogP contribution < -0.4 is 15.4 Å². The molecule has 1 aliphatic rings. The molecule has 0 aliphatic carbocycles. The lowest BCUT2D eigenvalue weighted by Crippen LogP contribution is -2.30. The van der Waals surface area contributed by atoms with Crippen LogP contribution in [0.2, 0.25) is 0 Å². The first-order valence-corrected chi connectivity index (χ1v) is 6.04. The van der Waals surface area contributed by atoms with Gasteiger partial charge in [0, 0.05) is 5.69 Å². The Kier molecular flexibility index (Phi) is 3.72. The summed E-state index contributed by atoms with van der Waals surface area (Å²) in [5, 5.41) is 15.3. The lowest BCUT2D eigenvalue weighted by atomic mass is 10.0. The van der Waals surface area contributed by atoms with E-state index < -0.39 is 0 Å². The molecule has 98 valence electrons. The number of aliphatic hydroxyl groups excluding tert-OH is 1. The number of rotatable bonds is 4. The van der Waals surface area contributed by atoms with E-state index in [0.29, 0.717) is 17.4 Å². The zero-order valence-corrected chi connectivity index (χ0v) is 10.6. The molecule has 0 saturated carbocycles. The van der Waals surface area contributed by atoms with Crippen molar-refractivity contribution in [1.82, 2.24) is 0 Å². The van der Waals surface area contributed by atoms with Gasteiger partial charge in [-0.25, -0.2) is 0 Å². The molecule has 1 aromatic rings. The number of amides is 1. The second-order valence-corrected chi connectivity index (χ2v) is 4.73. The van der Waals surface area contributed by atoms with Gasteiger partial charge in [0.1, 0.15) is 5.75 Å². The molecule has 0 bridgehead atoms. The summed E-state index contributed by atoms with van der Waals surface area (Å²) in [5.74, 6) is 0.837.